The third-order valence-corrected chi connectivity index (χ3v) is 3.94. The van der Waals surface area contributed by atoms with E-state index in [-0.39, 0.29) is 30.5 Å². The lowest BCUT2D eigenvalue weighted by Gasteiger charge is -2.21. The van der Waals surface area contributed by atoms with Crippen LogP contribution in [0.3, 0.4) is 0 Å². The van der Waals surface area contributed by atoms with Gasteiger partial charge in [-0.05, 0) is 31.2 Å². The van der Waals surface area contributed by atoms with Crippen LogP contribution in [0.2, 0.25) is 0 Å². The molecule has 3 rings (SSSR count). The smallest absolute Gasteiger partial charge is 0.353 e. The Bertz CT molecular complexity index is 928. The van der Waals surface area contributed by atoms with Gasteiger partial charge in [0.2, 0.25) is 11.6 Å². The van der Waals surface area contributed by atoms with Gasteiger partial charge >= 0.3 is 5.69 Å². The van der Waals surface area contributed by atoms with Gasteiger partial charge in [0.25, 0.3) is 0 Å². The molecule has 0 spiro atoms. The molecular weight excluding hydrogens is 336 g/mol. The number of anilines is 3. The van der Waals surface area contributed by atoms with Crippen molar-refractivity contribution in [1.29, 1.82) is 0 Å². The lowest BCUT2D eigenvalue weighted by atomic mass is 10.2. The van der Waals surface area contributed by atoms with E-state index >= 15 is 0 Å². The molecule has 2 N–H and O–H groups in total. The summed E-state index contributed by atoms with van der Waals surface area (Å²) in [5.41, 5.74) is 1.20. The van der Waals surface area contributed by atoms with Crippen molar-refractivity contribution in [2.45, 2.75) is 6.92 Å². The highest BCUT2D eigenvalue weighted by Gasteiger charge is 2.26. The molecule has 0 unspecified atom stereocenters. The van der Waals surface area contributed by atoms with Crippen LogP contribution < -0.4 is 10.2 Å². The third kappa shape index (κ3) is 3.38. The van der Waals surface area contributed by atoms with Crippen molar-refractivity contribution in [3.8, 4) is 0 Å². The molecule has 134 valence electrons. The molecule has 0 amide bonds. The first kappa shape index (κ1) is 17.5. The molecule has 9 nitrogen and oxygen atoms in total. The molecule has 2 heterocycles. The Labute approximate surface area is 149 Å². The van der Waals surface area contributed by atoms with Gasteiger partial charge < -0.3 is 15.3 Å². The number of likely N-dealkylation sites (N-methyl/N-ethyl adjacent to an activating group) is 1. The third-order valence-electron chi connectivity index (χ3n) is 3.94. The number of aliphatic hydroxyl groups is 1. The van der Waals surface area contributed by atoms with Gasteiger partial charge in [0.15, 0.2) is 0 Å². The lowest BCUT2D eigenvalue weighted by Crippen LogP contribution is -2.28. The Hall–Kier alpha value is -3.33. The molecule has 0 aliphatic rings. The van der Waals surface area contributed by atoms with Crippen molar-refractivity contribution in [3.63, 3.8) is 0 Å². The van der Waals surface area contributed by atoms with Crippen LogP contribution in [0.4, 0.5) is 23.0 Å². The highest BCUT2D eigenvalue weighted by Crippen LogP contribution is 2.34. The topological polar surface area (TPSA) is 117 Å². The monoisotopic (exact) mass is 354 g/mol. The largest absolute Gasteiger partial charge is 0.395 e. The molecular formula is C17H18N6O3. The second kappa shape index (κ2) is 7.70. The van der Waals surface area contributed by atoms with Crippen LogP contribution in [0.25, 0.3) is 10.9 Å². The van der Waals surface area contributed by atoms with Crippen molar-refractivity contribution in [2.75, 3.05) is 29.9 Å². The molecule has 1 aromatic carbocycles. The van der Waals surface area contributed by atoms with Crippen molar-refractivity contribution < 1.29 is 10.0 Å². The maximum Gasteiger partial charge on any atom is 0.353 e. The number of nitro groups is 1. The molecule has 0 saturated heterocycles. The minimum Gasteiger partial charge on any atom is -0.395 e. The second-order valence-corrected chi connectivity index (χ2v) is 5.46. The zero-order valence-corrected chi connectivity index (χ0v) is 14.2. The van der Waals surface area contributed by atoms with E-state index in [0.29, 0.717) is 12.2 Å². The van der Waals surface area contributed by atoms with Crippen molar-refractivity contribution >= 4 is 33.9 Å². The van der Waals surface area contributed by atoms with Crippen LogP contribution in [0.1, 0.15) is 6.92 Å². The molecule has 0 fully saturated rings. The molecule has 0 aliphatic carbocycles. The second-order valence-electron chi connectivity index (χ2n) is 5.46. The predicted molar refractivity (Wildman–Crippen MR) is 98.7 cm³/mol. The zero-order valence-electron chi connectivity index (χ0n) is 14.2. The van der Waals surface area contributed by atoms with Crippen molar-refractivity contribution in [3.05, 3.63) is 53.0 Å². The van der Waals surface area contributed by atoms with E-state index in [1.807, 2.05) is 25.1 Å². The van der Waals surface area contributed by atoms with Crippen LogP contribution in [-0.4, -0.2) is 44.7 Å². The van der Waals surface area contributed by atoms with Gasteiger partial charge in [-0.15, -0.1) is 0 Å². The van der Waals surface area contributed by atoms with Crippen LogP contribution in [0.15, 0.2) is 42.9 Å². The molecule has 0 saturated carbocycles. The van der Waals surface area contributed by atoms with E-state index in [2.05, 4.69) is 20.3 Å². The molecule has 0 aliphatic heterocycles. The predicted octanol–water partition coefficient (Wildman–Crippen LogP) is 2.50. The van der Waals surface area contributed by atoms with Gasteiger partial charge in [0.1, 0.15) is 6.33 Å². The highest BCUT2D eigenvalue weighted by molar-refractivity contribution is 5.93. The molecule has 2 aromatic heterocycles. The quantitative estimate of drug-likeness (QED) is 0.491. The Morgan fingerprint density at radius 1 is 1.23 bits per heavy atom. The summed E-state index contributed by atoms with van der Waals surface area (Å²) in [6, 6.07) is 9.16. The van der Waals surface area contributed by atoms with E-state index in [0.717, 1.165) is 10.9 Å². The number of pyridine rings is 1. The van der Waals surface area contributed by atoms with Gasteiger partial charge in [-0.3, -0.25) is 15.1 Å². The van der Waals surface area contributed by atoms with Crippen LogP contribution in [0, 0.1) is 10.1 Å². The summed E-state index contributed by atoms with van der Waals surface area (Å²) in [5.74, 6) is 0.259. The fraction of sp³-hybridized carbons (Fsp3) is 0.235. The van der Waals surface area contributed by atoms with E-state index < -0.39 is 4.92 Å². The SMILES string of the molecule is CCN(CCO)c1ncnc(Nc2cccc3ncccc23)c1[N+](=O)[O-]. The van der Waals surface area contributed by atoms with E-state index in [1.54, 1.807) is 23.2 Å². The first-order chi connectivity index (χ1) is 12.7. The van der Waals surface area contributed by atoms with Crippen LogP contribution >= 0.6 is 0 Å². The maximum atomic E-state index is 11.7. The van der Waals surface area contributed by atoms with E-state index in [4.69, 9.17) is 0 Å². The number of hydrogen-bond donors (Lipinski definition) is 2. The standard InChI is InChI=1S/C17H18N6O3/c1-2-22(9-10-24)17-15(23(25)26)16(19-11-20-17)21-14-7-3-6-13-12(14)5-4-8-18-13/h3-8,11,24H,2,9-10H2,1H3,(H,19,20,21). The zero-order chi connectivity index (χ0) is 18.5. The summed E-state index contributed by atoms with van der Waals surface area (Å²) in [6.07, 6.45) is 2.96. The number of benzene rings is 1. The summed E-state index contributed by atoms with van der Waals surface area (Å²) in [4.78, 5) is 25.2. The van der Waals surface area contributed by atoms with Gasteiger partial charge in [-0.1, -0.05) is 6.07 Å². The summed E-state index contributed by atoms with van der Waals surface area (Å²) in [7, 11) is 0. The number of aromatic nitrogens is 3. The number of nitrogens with one attached hydrogen (secondary N) is 1. The van der Waals surface area contributed by atoms with Crippen LogP contribution in [-0.2, 0) is 0 Å². The van der Waals surface area contributed by atoms with Gasteiger partial charge in [-0.2, -0.15) is 0 Å². The fourth-order valence-corrected chi connectivity index (χ4v) is 2.73. The molecule has 9 heteroatoms. The normalized spacial score (nSPS) is 10.7. The first-order valence-electron chi connectivity index (χ1n) is 8.11. The number of nitrogens with zero attached hydrogens (tertiary/aromatic N) is 5. The maximum absolute atomic E-state index is 11.7. The average Bonchev–Trinajstić information content (AvgIpc) is 2.66. The minimum absolute atomic E-state index is 0.0905. The van der Waals surface area contributed by atoms with Crippen molar-refractivity contribution in [2.24, 2.45) is 0 Å². The van der Waals surface area contributed by atoms with Crippen molar-refractivity contribution in [1.82, 2.24) is 15.0 Å². The summed E-state index contributed by atoms with van der Waals surface area (Å²) >= 11 is 0. The summed E-state index contributed by atoms with van der Waals surface area (Å²) in [6.45, 7) is 2.42. The number of fused-ring (bicyclic) bond motifs is 1. The average molecular weight is 354 g/mol. The van der Waals surface area contributed by atoms with Gasteiger partial charge in [0, 0.05) is 30.4 Å². The minimum atomic E-state index is -0.513. The van der Waals surface area contributed by atoms with Crippen LogP contribution in [0.5, 0.6) is 0 Å². The Morgan fingerprint density at radius 2 is 2.08 bits per heavy atom. The molecule has 3 aromatic rings. The van der Waals surface area contributed by atoms with Gasteiger partial charge in [-0.25, -0.2) is 9.97 Å². The number of hydrogen-bond acceptors (Lipinski definition) is 8. The Balaban J connectivity index is 2.08. The molecule has 0 bridgehead atoms. The summed E-state index contributed by atoms with van der Waals surface area (Å²) in [5, 5.41) is 24.8. The first-order valence-corrected chi connectivity index (χ1v) is 8.11. The highest BCUT2D eigenvalue weighted by atomic mass is 16.6. The van der Waals surface area contributed by atoms with Gasteiger partial charge in [0.05, 0.1) is 17.0 Å². The molecule has 26 heavy (non-hydrogen) atoms. The fourth-order valence-electron chi connectivity index (χ4n) is 2.73. The molecule has 0 atom stereocenters. The lowest BCUT2D eigenvalue weighted by molar-refractivity contribution is -0.383. The molecule has 0 radical (unpaired) electrons. The number of rotatable bonds is 7. The summed E-state index contributed by atoms with van der Waals surface area (Å²) < 4.78 is 0. The van der Waals surface area contributed by atoms with E-state index in [1.165, 1.54) is 6.33 Å². The number of aliphatic hydroxyl groups excluding tert-OH is 1. The Morgan fingerprint density at radius 3 is 2.81 bits per heavy atom. The Kier molecular flexibility index (Phi) is 5.18. The van der Waals surface area contributed by atoms with E-state index in [9.17, 15) is 15.2 Å².